The maximum Gasteiger partial charge on any atom is 0.318 e. The maximum atomic E-state index is 14.1. The van der Waals surface area contributed by atoms with E-state index in [2.05, 4.69) is 5.32 Å². The molecule has 0 unspecified atom stereocenters. The van der Waals surface area contributed by atoms with Crippen molar-refractivity contribution in [3.8, 4) is 0 Å². The minimum atomic E-state index is -0.318. The zero-order valence-electron chi connectivity index (χ0n) is 14.2. The fourth-order valence-electron chi connectivity index (χ4n) is 3.35. The van der Waals surface area contributed by atoms with E-state index < -0.39 is 0 Å². The highest BCUT2D eigenvalue weighted by Gasteiger charge is 2.38. The summed E-state index contributed by atoms with van der Waals surface area (Å²) in [7, 11) is 1.75. The average Bonchev–Trinajstić information content (AvgIpc) is 3.36. The molecule has 0 radical (unpaired) electrons. The van der Waals surface area contributed by atoms with Gasteiger partial charge in [0.05, 0.1) is 6.04 Å². The first-order valence-corrected chi connectivity index (χ1v) is 8.54. The molecule has 1 saturated carbocycles. The Labute approximate surface area is 141 Å². The summed E-state index contributed by atoms with van der Waals surface area (Å²) in [6.45, 7) is 2.39. The van der Waals surface area contributed by atoms with E-state index in [4.69, 9.17) is 0 Å². The molecule has 1 saturated heterocycles. The fourth-order valence-corrected chi connectivity index (χ4v) is 3.35. The molecule has 1 aromatic rings. The summed E-state index contributed by atoms with van der Waals surface area (Å²) in [5.74, 6) is -0.175. The molecular weight excluding hydrogens is 309 g/mol. The maximum absolute atomic E-state index is 14.1. The molecule has 1 aliphatic carbocycles. The smallest absolute Gasteiger partial charge is 0.318 e. The van der Waals surface area contributed by atoms with Gasteiger partial charge >= 0.3 is 6.03 Å². The lowest BCUT2D eigenvalue weighted by Gasteiger charge is -2.35. The Morgan fingerprint density at radius 2 is 2.04 bits per heavy atom. The van der Waals surface area contributed by atoms with Crippen LogP contribution in [0.5, 0.6) is 0 Å². The van der Waals surface area contributed by atoms with Crippen LogP contribution in [0.4, 0.5) is 9.18 Å². The molecule has 3 amide bonds. The molecular formula is C18H24FN3O2. The number of benzene rings is 1. The summed E-state index contributed by atoms with van der Waals surface area (Å²) in [4.78, 5) is 27.8. The molecule has 1 aromatic carbocycles. The van der Waals surface area contributed by atoms with Gasteiger partial charge in [0.25, 0.3) is 0 Å². The number of carbonyl (C=O) groups is 2. The molecule has 3 rings (SSSR count). The molecule has 2 atom stereocenters. The number of nitrogens with one attached hydrogen (secondary N) is 1. The lowest BCUT2D eigenvalue weighted by Crippen LogP contribution is -2.53. The number of hydrogen-bond donors (Lipinski definition) is 1. The molecule has 2 fully saturated rings. The summed E-state index contributed by atoms with van der Waals surface area (Å²) in [5.41, 5.74) is 0.537. The van der Waals surface area contributed by atoms with Gasteiger partial charge in [0, 0.05) is 37.7 Å². The standard InChI is InChI=1S/C18H24FN3O2/c1-12(15-5-3-4-6-16(15)19)22(14-8-9-14)18(24)20-13-7-10-17(23)21(2)11-13/h3-6,12-14H,7-11H2,1-2H3,(H,20,24)/t12-,13-/m0/s1. The van der Waals surface area contributed by atoms with Gasteiger partial charge in [-0.05, 0) is 32.3 Å². The predicted molar refractivity (Wildman–Crippen MR) is 88.9 cm³/mol. The summed E-state index contributed by atoms with van der Waals surface area (Å²) in [6, 6.07) is 6.24. The number of halogens is 1. The monoisotopic (exact) mass is 333 g/mol. The molecule has 24 heavy (non-hydrogen) atoms. The lowest BCUT2D eigenvalue weighted by atomic mass is 10.0. The van der Waals surface area contributed by atoms with E-state index in [1.165, 1.54) is 6.07 Å². The number of amides is 3. The topological polar surface area (TPSA) is 52.7 Å². The number of rotatable bonds is 4. The van der Waals surface area contributed by atoms with Crippen LogP contribution in [-0.2, 0) is 4.79 Å². The number of hydrogen-bond acceptors (Lipinski definition) is 2. The van der Waals surface area contributed by atoms with Crippen LogP contribution in [0.1, 0.15) is 44.2 Å². The number of likely N-dealkylation sites (tertiary alicyclic amines) is 1. The van der Waals surface area contributed by atoms with Gasteiger partial charge < -0.3 is 15.1 Å². The molecule has 6 heteroatoms. The van der Waals surface area contributed by atoms with E-state index >= 15 is 0 Å². The van der Waals surface area contributed by atoms with Crippen molar-refractivity contribution in [1.29, 1.82) is 0 Å². The van der Waals surface area contributed by atoms with E-state index in [-0.39, 0.29) is 35.9 Å². The molecule has 1 heterocycles. The number of carbonyl (C=O) groups excluding carboxylic acids is 2. The van der Waals surface area contributed by atoms with Crippen molar-refractivity contribution in [3.63, 3.8) is 0 Å². The van der Waals surface area contributed by atoms with Gasteiger partial charge in [0.2, 0.25) is 5.91 Å². The number of likely N-dealkylation sites (N-methyl/N-ethyl adjacent to an activating group) is 1. The van der Waals surface area contributed by atoms with Gasteiger partial charge in [-0.1, -0.05) is 18.2 Å². The highest BCUT2D eigenvalue weighted by atomic mass is 19.1. The minimum Gasteiger partial charge on any atom is -0.344 e. The molecule has 0 bridgehead atoms. The van der Waals surface area contributed by atoms with E-state index in [0.717, 1.165) is 12.8 Å². The van der Waals surface area contributed by atoms with Crippen LogP contribution >= 0.6 is 0 Å². The molecule has 0 spiro atoms. The van der Waals surface area contributed by atoms with Crippen molar-refractivity contribution in [2.45, 2.75) is 50.7 Å². The van der Waals surface area contributed by atoms with Crippen LogP contribution in [0.3, 0.4) is 0 Å². The largest absolute Gasteiger partial charge is 0.344 e. The van der Waals surface area contributed by atoms with Gasteiger partial charge in [-0.2, -0.15) is 0 Å². The highest BCUT2D eigenvalue weighted by molar-refractivity contribution is 5.78. The summed E-state index contributed by atoms with van der Waals surface area (Å²) in [6.07, 6.45) is 3.01. The van der Waals surface area contributed by atoms with Gasteiger partial charge in [-0.25, -0.2) is 9.18 Å². The van der Waals surface area contributed by atoms with Crippen LogP contribution in [0, 0.1) is 5.82 Å². The highest BCUT2D eigenvalue weighted by Crippen LogP contribution is 2.35. The van der Waals surface area contributed by atoms with Crippen molar-refractivity contribution in [3.05, 3.63) is 35.6 Å². The normalized spacial score (nSPS) is 22.2. The zero-order chi connectivity index (χ0) is 17.3. The lowest BCUT2D eigenvalue weighted by molar-refractivity contribution is -0.132. The second-order valence-corrected chi connectivity index (χ2v) is 6.80. The second kappa shape index (κ2) is 6.79. The third-order valence-corrected chi connectivity index (χ3v) is 4.90. The second-order valence-electron chi connectivity index (χ2n) is 6.80. The first-order chi connectivity index (χ1) is 11.5. The van der Waals surface area contributed by atoms with Gasteiger partial charge in [0.1, 0.15) is 5.82 Å². The van der Waals surface area contributed by atoms with Crippen molar-refractivity contribution in [2.75, 3.05) is 13.6 Å². The number of urea groups is 1. The Hall–Kier alpha value is -2.11. The molecule has 2 aliphatic rings. The first kappa shape index (κ1) is 16.7. The van der Waals surface area contributed by atoms with Crippen molar-refractivity contribution >= 4 is 11.9 Å². The number of nitrogens with zero attached hydrogens (tertiary/aromatic N) is 2. The van der Waals surface area contributed by atoms with Crippen molar-refractivity contribution in [2.24, 2.45) is 0 Å². The van der Waals surface area contributed by atoms with Crippen molar-refractivity contribution in [1.82, 2.24) is 15.1 Å². The molecule has 130 valence electrons. The van der Waals surface area contributed by atoms with Crippen LogP contribution in [0.2, 0.25) is 0 Å². The van der Waals surface area contributed by atoms with Gasteiger partial charge in [-0.15, -0.1) is 0 Å². The Morgan fingerprint density at radius 1 is 1.33 bits per heavy atom. The van der Waals surface area contributed by atoms with Gasteiger partial charge in [-0.3, -0.25) is 4.79 Å². The summed E-state index contributed by atoms with van der Waals surface area (Å²) < 4.78 is 14.1. The van der Waals surface area contributed by atoms with Crippen LogP contribution in [-0.4, -0.2) is 47.4 Å². The summed E-state index contributed by atoms with van der Waals surface area (Å²) >= 11 is 0. The van der Waals surface area contributed by atoms with Crippen LogP contribution in [0.15, 0.2) is 24.3 Å². The van der Waals surface area contributed by atoms with Crippen LogP contribution in [0.25, 0.3) is 0 Å². The Kier molecular flexibility index (Phi) is 4.73. The van der Waals surface area contributed by atoms with Gasteiger partial charge in [0.15, 0.2) is 0 Å². The third-order valence-electron chi connectivity index (χ3n) is 4.90. The molecule has 5 nitrogen and oxygen atoms in total. The van der Waals surface area contributed by atoms with E-state index in [0.29, 0.717) is 24.9 Å². The van der Waals surface area contributed by atoms with Crippen molar-refractivity contribution < 1.29 is 14.0 Å². The Balaban J connectivity index is 1.70. The Morgan fingerprint density at radius 3 is 2.67 bits per heavy atom. The Bertz CT molecular complexity index is 632. The first-order valence-electron chi connectivity index (χ1n) is 8.54. The van der Waals surface area contributed by atoms with E-state index in [1.807, 2.05) is 6.92 Å². The zero-order valence-corrected chi connectivity index (χ0v) is 14.2. The SMILES string of the molecule is C[C@@H](c1ccccc1F)N(C(=O)N[C@H]1CCC(=O)N(C)C1)C1CC1. The molecule has 0 aromatic heterocycles. The molecule has 1 aliphatic heterocycles. The predicted octanol–water partition coefficient (Wildman–Crippen LogP) is 2.68. The number of piperidine rings is 1. The van der Waals surface area contributed by atoms with E-state index in [1.54, 1.807) is 35.0 Å². The molecule has 1 N–H and O–H groups in total. The average molecular weight is 333 g/mol. The minimum absolute atomic E-state index is 0.0470. The fraction of sp³-hybridized carbons (Fsp3) is 0.556. The quantitative estimate of drug-likeness (QED) is 0.921. The summed E-state index contributed by atoms with van der Waals surface area (Å²) in [5, 5.41) is 3.03. The van der Waals surface area contributed by atoms with Crippen LogP contribution < -0.4 is 5.32 Å². The van der Waals surface area contributed by atoms with E-state index in [9.17, 15) is 14.0 Å². The third kappa shape index (κ3) is 3.52.